The lowest BCUT2D eigenvalue weighted by molar-refractivity contribution is 0.0686. The number of amides is 1. The first kappa shape index (κ1) is 14.3. The molecule has 2 aromatic heterocycles. The van der Waals surface area contributed by atoms with E-state index in [1.54, 1.807) is 12.4 Å². The Morgan fingerprint density at radius 1 is 1.23 bits per heavy atom. The Kier molecular flexibility index (Phi) is 3.87. The van der Waals surface area contributed by atoms with Crippen LogP contribution in [0.15, 0.2) is 48.8 Å². The highest BCUT2D eigenvalue weighted by atomic mass is 16.2. The van der Waals surface area contributed by atoms with Crippen molar-refractivity contribution < 1.29 is 4.79 Å². The number of rotatable bonds is 4. The minimum atomic E-state index is -0.0851. The van der Waals surface area contributed by atoms with E-state index in [-0.39, 0.29) is 11.9 Å². The SMILES string of the molecule is CC(C)N(Cc1ccccc1)C(=O)c1n[nH]c2ccncc12. The van der Waals surface area contributed by atoms with Gasteiger partial charge in [-0.25, -0.2) is 0 Å². The van der Waals surface area contributed by atoms with Crippen LogP contribution in [0.5, 0.6) is 0 Å². The maximum Gasteiger partial charge on any atom is 0.275 e. The third-order valence-electron chi connectivity index (χ3n) is 3.65. The first-order chi connectivity index (χ1) is 10.7. The molecular weight excluding hydrogens is 276 g/mol. The minimum absolute atomic E-state index is 0.0797. The number of nitrogens with zero attached hydrogens (tertiary/aromatic N) is 3. The number of carbonyl (C=O) groups excluding carboxylic acids is 1. The van der Waals surface area contributed by atoms with Crippen LogP contribution in [0.1, 0.15) is 29.9 Å². The lowest BCUT2D eigenvalue weighted by Gasteiger charge is -2.26. The van der Waals surface area contributed by atoms with Crippen molar-refractivity contribution in [3.63, 3.8) is 0 Å². The summed E-state index contributed by atoms with van der Waals surface area (Å²) in [5.74, 6) is -0.0851. The number of carbonyl (C=O) groups is 1. The van der Waals surface area contributed by atoms with Gasteiger partial charge in [-0.1, -0.05) is 30.3 Å². The number of benzene rings is 1. The molecule has 0 saturated carbocycles. The number of aromatic nitrogens is 3. The topological polar surface area (TPSA) is 61.9 Å². The molecule has 5 nitrogen and oxygen atoms in total. The molecule has 1 amide bonds. The molecule has 5 heteroatoms. The number of aromatic amines is 1. The lowest BCUT2D eigenvalue weighted by Crippen LogP contribution is -2.36. The highest BCUT2D eigenvalue weighted by molar-refractivity contribution is 6.04. The summed E-state index contributed by atoms with van der Waals surface area (Å²) < 4.78 is 0. The summed E-state index contributed by atoms with van der Waals surface area (Å²) in [6.07, 6.45) is 3.35. The van der Waals surface area contributed by atoms with Gasteiger partial charge in [0.2, 0.25) is 0 Å². The van der Waals surface area contributed by atoms with E-state index in [2.05, 4.69) is 15.2 Å². The fraction of sp³-hybridized carbons (Fsp3) is 0.235. The van der Waals surface area contributed by atoms with Crippen LogP contribution in [-0.2, 0) is 6.54 Å². The van der Waals surface area contributed by atoms with Gasteiger partial charge in [0, 0.05) is 25.0 Å². The van der Waals surface area contributed by atoms with Gasteiger partial charge < -0.3 is 4.90 Å². The Morgan fingerprint density at radius 2 is 2.00 bits per heavy atom. The van der Waals surface area contributed by atoms with Crippen molar-refractivity contribution in [2.75, 3.05) is 0 Å². The Hall–Kier alpha value is -2.69. The second-order valence-electron chi connectivity index (χ2n) is 5.51. The molecule has 0 bridgehead atoms. The molecule has 0 atom stereocenters. The molecule has 0 spiro atoms. The molecule has 3 rings (SSSR count). The first-order valence-corrected chi connectivity index (χ1v) is 7.30. The lowest BCUT2D eigenvalue weighted by atomic mass is 10.1. The predicted molar refractivity (Wildman–Crippen MR) is 85.3 cm³/mol. The van der Waals surface area contributed by atoms with Crippen LogP contribution in [0, 0.1) is 0 Å². The molecule has 1 N–H and O–H groups in total. The zero-order valence-corrected chi connectivity index (χ0v) is 12.7. The van der Waals surface area contributed by atoms with Gasteiger partial charge in [-0.3, -0.25) is 14.9 Å². The van der Waals surface area contributed by atoms with Gasteiger partial charge in [0.1, 0.15) is 0 Å². The van der Waals surface area contributed by atoms with E-state index in [1.807, 2.05) is 55.1 Å². The minimum Gasteiger partial charge on any atom is -0.330 e. The monoisotopic (exact) mass is 294 g/mol. The fourth-order valence-corrected chi connectivity index (χ4v) is 2.43. The zero-order valence-electron chi connectivity index (χ0n) is 12.7. The van der Waals surface area contributed by atoms with Crippen LogP contribution in [0.4, 0.5) is 0 Å². The number of nitrogens with one attached hydrogen (secondary N) is 1. The normalized spacial score (nSPS) is 11.0. The molecule has 22 heavy (non-hydrogen) atoms. The van der Waals surface area contributed by atoms with Crippen molar-refractivity contribution in [2.24, 2.45) is 0 Å². The van der Waals surface area contributed by atoms with E-state index in [0.717, 1.165) is 16.5 Å². The van der Waals surface area contributed by atoms with E-state index in [4.69, 9.17) is 0 Å². The molecule has 0 fully saturated rings. The number of pyridine rings is 1. The molecule has 1 aromatic carbocycles. The summed E-state index contributed by atoms with van der Waals surface area (Å²) in [5.41, 5.74) is 2.34. The van der Waals surface area contributed by atoms with Gasteiger partial charge in [-0.15, -0.1) is 0 Å². The van der Waals surface area contributed by atoms with Crippen molar-refractivity contribution in [1.82, 2.24) is 20.1 Å². The molecule has 112 valence electrons. The van der Waals surface area contributed by atoms with E-state index in [9.17, 15) is 4.79 Å². The van der Waals surface area contributed by atoms with Crippen LogP contribution in [0.3, 0.4) is 0 Å². The van der Waals surface area contributed by atoms with E-state index in [1.165, 1.54) is 0 Å². The van der Waals surface area contributed by atoms with Gasteiger partial charge in [-0.2, -0.15) is 5.10 Å². The van der Waals surface area contributed by atoms with E-state index < -0.39 is 0 Å². The first-order valence-electron chi connectivity index (χ1n) is 7.30. The molecule has 3 aromatic rings. The largest absolute Gasteiger partial charge is 0.330 e. The third kappa shape index (κ3) is 2.70. The van der Waals surface area contributed by atoms with Crippen molar-refractivity contribution in [1.29, 1.82) is 0 Å². The zero-order chi connectivity index (χ0) is 15.5. The standard InChI is InChI=1S/C17H18N4O/c1-12(2)21(11-13-6-4-3-5-7-13)17(22)16-14-10-18-9-8-15(14)19-20-16/h3-10,12H,11H2,1-2H3,(H,19,20). The number of fused-ring (bicyclic) bond motifs is 1. The second-order valence-corrected chi connectivity index (χ2v) is 5.51. The van der Waals surface area contributed by atoms with Crippen LogP contribution in [0.25, 0.3) is 10.9 Å². The second kappa shape index (κ2) is 5.97. The Balaban J connectivity index is 1.93. The summed E-state index contributed by atoms with van der Waals surface area (Å²) in [6.45, 7) is 4.58. The number of hydrogen-bond donors (Lipinski definition) is 1. The van der Waals surface area contributed by atoms with Crippen LogP contribution in [0.2, 0.25) is 0 Å². The Labute approximate surface area is 129 Å². The molecule has 0 aliphatic rings. The molecular formula is C17H18N4O. The average Bonchev–Trinajstić information content (AvgIpc) is 2.97. The van der Waals surface area contributed by atoms with Gasteiger partial charge in [-0.05, 0) is 25.5 Å². The maximum absolute atomic E-state index is 12.9. The van der Waals surface area contributed by atoms with Crippen molar-refractivity contribution >= 4 is 16.8 Å². The summed E-state index contributed by atoms with van der Waals surface area (Å²) in [7, 11) is 0. The Morgan fingerprint density at radius 3 is 2.73 bits per heavy atom. The Bertz CT molecular complexity index is 779. The molecule has 0 saturated heterocycles. The maximum atomic E-state index is 12.9. The number of hydrogen-bond acceptors (Lipinski definition) is 3. The third-order valence-corrected chi connectivity index (χ3v) is 3.65. The molecule has 0 unspecified atom stereocenters. The summed E-state index contributed by atoms with van der Waals surface area (Å²) in [5, 5.41) is 7.83. The summed E-state index contributed by atoms with van der Waals surface area (Å²) in [4.78, 5) is 18.8. The van der Waals surface area contributed by atoms with E-state index in [0.29, 0.717) is 12.2 Å². The molecule has 2 heterocycles. The summed E-state index contributed by atoms with van der Waals surface area (Å²) in [6, 6.07) is 11.9. The van der Waals surface area contributed by atoms with Crippen LogP contribution >= 0.6 is 0 Å². The van der Waals surface area contributed by atoms with Gasteiger partial charge in [0.05, 0.1) is 10.9 Å². The van der Waals surface area contributed by atoms with Crippen molar-refractivity contribution in [3.8, 4) is 0 Å². The van der Waals surface area contributed by atoms with Crippen molar-refractivity contribution in [3.05, 3.63) is 60.0 Å². The smallest absolute Gasteiger partial charge is 0.275 e. The highest BCUT2D eigenvalue weighted by Gasteiger charge is 2.23. The molecule has 0 aliphatic heterocycles. The van der Waals surface area contributed by atoms with Crippen LogP contribution in [-0.4, -0.2) is 32.0 Å². The van der Waals surface area contributed by atoms with Crippen molar-refractivity contribution in [2.45, 2.75) is 26.4 Å². The van der Waals surface area contributed by atoms with Gasteiger partial charge in [0.15, 0.2) is 5.69 Å². The van der Waals surface area contributed by atoms with Crippen LogP contribution < -0.4 is 0 Å². The fourth-order valence-electron chi connectivity index (χ4n) is 2.43. The average molecular weight is 294 g/mol. The van der Waals surface area contributed by atoms with E-state index >= 15 is 0 Å². The highest BCUT2D eigenvalue weighted by Crippen LogP contribution is 2.18. The van der Waals surface area contributed by atoms with Gasteiger partial charge >= 0.3 is 0 Å². The predicted octanol–water partition coefficient (Wildman–Crippen LogP) is 3.01. The number of H-pyrrole nitrogens is 1. The van der Waals surface area contributed by atoms with Gasteiger partial charge in [0.25, 0.3) is 5.91 Å². The quantitative estimate of drug-likeness (QED) is 0.804. The summed E-state index contributed by atoms with van der Waals surface area (Å²) >= 11 is 0. The molecule has 0 radical (unpaired) electrons. The molecule has 0 aliphatic carbocycles.